The fourth-order valence-corrected chi connectivity index (χ4v) is 3.78. The van der Waals surface area contributed by atoms with Crippen molar-refractivity contribution in [2.45, 2.75) is 38.0 Å². The Morgan fingerprint density at radius 3 is 3.04 bits per heavy atom. The van der Waals surface area contributed by atoms with Crippen molar-refractivity contribution in [3.05, 3.63) is 35.8 Å². The number of aryl methyl sites for hydroxylation is 2. The van der Waals surface area contributed by atoms with E-state index in [0.717, 1.165) is 50.6 Å². The highest BCUT2D eigenvalue weighted by Gasteiger charge is 2.45. The number of rotatable bonds is 4. The van der Waals surface area contributed by atoms with Crippen LogP contribution in [0.3, 0.4) is 0 Å². The summed E-state index contributed by atoms with van der Waals surface area (Å²) in [6, 6.07) is 4.27. The van der Waals surface area contributed by atoms with E-state index in [-0.39, 0.29) is 5.60 Å². The summed E-state index contributed by atoms with van der Waals surface area (Å²) in [6.45, 7) is 5.68. The van der Waals surface area contributed by atoms with Crippen LogP contribution in [0.25, 0.3) is 0 Å². The van der Waals surface area contributed by atoms with E-state index in [9.17, 15) is 0 Å². The SMILES string of the molecule is Cc1ccc(NC2COC3(CCN(Cc4cnn(C)c4)C3)C2)nn1. The molecule has 2 atom stereocenters. The first kappa shape index (κ1) is 15.5. The summed E-state index contributed by atoms with van der Waals surface area (Å²) >= 11 is 0. The van der Waals surface area contributed by atoms with Gasteiger partial charge in [0.25, 0.3) is 0 Å². The second kappa shape index (κ2) is 6.14. The summed E-state index contributed by atoms with van der Waals surface area (Å²) in [5.74, 6) is 0.830. The maximum atomic E-state index is 6.21. The third-order valence-electron chi connectivity index (χ3n) is 4.92. The summed E-state index contributed by atoms with van der Waals surface area (Å²) in [4.78, 5) is 2.46. The average molecular weight is 328 g/mol. The van der Waals surface area contributed by atoms with Gasteiger partial charge in [0.05, 0.1) is 30.1 Å². The fourth-order valence-electron chi connectivity index (χ4n) is 3.78. The van der Waals surface area contributed by atoms with Gasteiger partial charge in [0, 0.05) is 44.9 Å². The molecule has 128 valence electrons. The highest BCUT2D eigenvalue weighted by Crippen LogP contribution is 2.36. The largest absolute Gasteiger partial charge is 0.371 e. The molecule has 2 aliphatic rings. The van der Waals surface area contributed by atoms with Crippen LogP contribution in [-0.4, -0.2) is 56.2 Å². The first-order valence-corrected chi connectivity index (χ1v) is 8.51. The summed E-state index contributed by atoms with van der Waals surface area (Å²) in [7, 11) is 1.96. The second-order valence-corrected chi connectivity index (χ2v) is 7.08. The third-order valence-corrected chi connectivity index (χ3v) is 4.92. The molecule has 4 rings (SSSR count). The Balaban J connectivity index is 1.33. The van der Waals surface area contributed by atoms with Crippen LogP contribution in [0, 0.1) is 6.92 Å². The van der Waals surface area contributed by atoms with Gasteiger partial charge in [-0.15, -0.1) is 5.10 Å². The number of ether oxygens (including phenoxy) is 1. The number of likely N-dealkylation sites (tertiary alicyclic amines) is 1. The number of nitrogens with zero attached hydrogens (tertiary/aromatic N) is 5. The molecule has 7 nitrogen and oxygen atoms in total. The molecule has 1 N–H and O–H groups in total. The minimum Gasteiger partial charge on any atom is -0.371 e. The molecular weight excluding hydrogens is 304 g/mol. The molecule has 2 fully saturated rings. The summed E-state index contributed by atoms with van der Waals surface area (Å²) < 4.78 is 8.07. The van der Waals surface area contributed by atoms with E-state index in [1.807, 2.05) is 37.0 Å². The van der Waals surface area contributed by atoms with Gasteiger partial charge in [-0.3, -0.25) is 9.58 Å². The zero-order valence-corrected chi connectivity index (χ0v) is 14.3. The second-order valence-electron chi connectivity index (χ2n) is 7.08. The molecule has 2 saturated heterocycles. The molecule has 0 aliphatic carbocycles. The lowest BCUT2D eigenvalue weighted by molar-refractivity contribution is 0.0120. The van der Waals surface area contributed by atoms with Crippen molar-refractivity contribution < 1.29 is 4.74 Å². The standard InChI is InChI=1S/C17H24N6O/c1-13-3-4-16(21-20-13)19-15-7-17(24-11-15)5-6-23(12-17)10-14-8-18-22(2)9-14/h3-4,8-9,15H,5-7,10-12H2,1-2H3,(H,19,21). The summed E-state index contributed by atoms with van der Waals surface area (Å²) in [5.41, 5.74) is 2.18. The van der Waals surface area contributed by atoms with Gasteiger partial charge in [-0.05, 0) is 25.5 Å². The number of anilines is 1. The first-order chi connectivity index (χ1) is 11.6. The molecule has 2 aliphatic heterocycles. The molecule has 1 spiro atoms. The smallest absolute Gasteiger partial charge is 0.148 e. The van der Waals surface area contributed by atoms with Gasteiger partial charge in [-0.25, -0.2) is 0 Å². The van der Waals surface area contributed by atoms with E-state index in [0.29, 0.717) is 6.04 Å². The van der Waals surface area contributed by atoms with Gasteiger partial charge in [-0.1, -0.05) is 0 Å². The molecule has 7 heteroatoms. The van der Waals surface area contributed by atoms with Crippen molar-refractivity contribution in [2.24, 2.45) is 7.05 Å². The Hall–Kier alpha value is -1.99. The van der Waals surface area contributed by atoms with Crippen molar-refractivity contribution in [1.82, 2.24) is 24.9 Å². The van der Waals surface area contributed by atoms with E-state index < -0.39 is 0 Å². The lowest BCUT2D eigenvalue weighted by atomic mass is 9.97. The van der Waals surface area contributed by atoms with E-state index in [1.54, 1.807) is 0 Å². The van der Waals surface area contributed by atoms with Crippen LogP contribution in [0.5, 0.6) is 0 Å². The molecule has 0 bridgehead atoms. The molecule has 0 aromatic carbocycles. The van der Waals surface area contributed by atoms with Crippen molar-refractivity contribution in [3.8, 4) is 0 Å². The van der Waals surface area contributed by atoms with Crippen LogP contribution in [0.1, 0.15) is 24.1 Å². The minimum atomic E-state index is -0.0159. The maximum absolute atomic E-state index is 6.21. The van der Waals surface area contributed by atoms with Gasteiger partial charge in [0.1, 0.15) is 5.82 Å². The monoisotopic (exact) mass is 328 g/mol. The minimum absolute atomic E-state index is 0.0159. The predicted molar refractivity (Wildman–Crippen MR) is 90.6 cm³/mol. The number of hydrogen-bond acceptors (Lipinski definition) is 6. The van der Waals surface area contributed by atoms with Gasteiger partial charge in [0.15, 0.2) is 0 Å². The van der Waals surface area contributed by atoms with Crippen molar-refractivity contribution >= 4 is 5.82 Å². The summed E-state index contributed by atoms with van der Waals surface area (Å²) in [5, 5.41) is 16.0. The molecule has 2 unspecified atom stereocenters. The Kier molecular flexibility index (Phi) is 3.97. The van der Waals surface area contributed by atoms with Gasteiger partial charge < -0.3 is 10.1 Å². The number of aromatic nitrogens is 4. The Morgan fingerprint density at radius 1 is 1.38 bits per heavy atom. The molecule has 0 saturated carbocycles. The van der Waals surface area contributed by atoms with Gasteiger partial charge >= 0.3 is 0 Å². The van der Waals surface area contributed by atoms with Crippen LogP contribution in [-0.2, 0) is 18.3 Å². The van der Waals surface area contributed by atoms with E-state index in [2.05, 4.69) is 31.7 Å². The highest BCUT2D eigenvalue weighted by molar-refractivity contribution is 5.34. The van der Waals surface area contributed by atoms with Gasteiger partial charge in [-0.2, -0.15) is 10.2 Å². The Bertz CT molecular complexity index is 699. The van der Waals surface area contributed by atoms with Crippen LogP contribution in [0.15, 0.2) is 24.5 Å². The van der Waals surface area contributed by atoms with E-state index in [1.165, 1.54) is 5.56 Å². The van der Waals surface area contributed by atoms with Gasteiger partial charge in [0.2, 0.25) is 0 Å². The average Bonchev–Trinajstić information content (AvgIpc) is 3.25. The Labute approximate surface area is 142 Å². The fraction of sp³-hybridized carbons (Fsp3) is 0.588. The van der Waals surface area contributed by atoms with Crippen LogP contribution in [0.4, 0.5) is 5.82 Å². The third kappa shape index (κ3) is 3.27. The normalized spacial score (nSPS) is 27.2. The highest BCUT2D eigenvalue weighted by atomic mass is 16.5. The lowest BCUT2D eigenvalue weighted by Crippen LogP contribution is -2.33. The van der Waals surface area contributed by atoms with Crippen LogP contribution < -0.4 is 5.32 Å². The Morgan fingerprint density at radius 2 is 2.29 bits per heavy atom. The van der Waals surface area contributed by atoms with Crippen molar-refractivity contribution in [1.29, 1.82) is 0 Å². The van der Waals surface area contributed by atoms with Crippen molar-refractivity contribution in [3.63, 3.8) is 0 Å². The number of nitrogens with one attached hydrogen (secondary N) is 1. The molecule has 0 amide bonds. The van der Waals surface area contributed by atoms with Crippen molar-refractivity contribution in [2.75, 3.05) is 25.0 Å². The summed E-state index contributed by atoms with van der Waals surface area (Å²) in [6.07, 6.45) is 6.14. The molecule has 24 heavy (non-hydrogen) atoms. The van der Waals surface area contributed by atoms with E-state index in [4.69, 9.17) is 4.74 Å². The molecule has 0 radical (unpaired) electrons. The quantitative estimate of drug-likeness (QED) is 0.914. The first-order valence-electron chi connectivity index (χ1n) is 8.51. The van der Waals surface area contributed by atoms with Crippen LogP contribution in [0.2, 0.25) is 0 Å². The molecule has 4 heterocycles. The molecule has 2 aromatic heterocycles. The maximum Gasteiger partial charge on any atom is 0.148 e. The zero-order valence-electron chi connectivity index (χ0n) is 14.3. The molecular formula is C17H24N6O. The van der Waals surface area contributed by atoms with Crippen LogP contribution >= 0.6 is 0 Å². The number of hydrogen-bond donors (Lipinski definition) is 1. The zero-order chi connectivity index (χ0) is 16.6. The molecule has 2 aromatic rings. The topological polar surface area (TPSA) is 68.1 Å². The lowest BCUT2D eigenvalue weighted by Gasteiger charge is -2.23. The van der Waals surface area contributed by atoms with E-state index >= 15 is 0 Å². The predicted octanol–water partition coefficient (Wildman–Crippen LogP) is 1.36.